The van der Waals surface area contributed by atoms with Gasteiger partial charge in [0.05, 0.1) is 25.1 Å². The maximum absolute atomic E-state index is 12.6. The summed E-state index contributed by atoms with van der Waals surface area (Å²) in [4.78, 5) is 82.7. The van der Waals surface area contributed by atoms with Crippen molar-refractivity contribution in [1.29, 1.82) is 0 Å². The molecule has 5 atom stereocenters. The Hall–Kier alpha value is -3.55. The molecule has 0 aromatic carbocycles. The number of amides is 5. The number of carboxylic acids is 1. The largest absolute Gasteiger partial charge is 0.481 e. The van der Waals surface area contributed by atoms with E-state index in [0.29, 0.717) is 6.42 Å². The van der Waals surface area contributed by atoms with E-state index in [1.54, 1.807) is 6.92 Å². The van der Waals surface area contributed by atoms with Gasteiger partial charge in [-0.05, 0) is 19.8 Å². The third-order valence-corrected chi connectivity index (χ3v) is 4.96. The summed E-state index contributed by atoms with van der Waals surface area (Å²) in [7, 11) is 0. The minimum atomic E-state index is -1.44. The second-order valence-electron chi connectivity index (χ2n) is 8.06. The predicted octanol–water partition coefficient (Wildman–Crippen LogP) is -2.82. The van der Waals surface area contributed by atoms with Gasteiger partial charge in [0, 0.05) is 13.5 Å². The summed E-state index contributed by atoms with van der Waals surface area (Å²) in [6.45, 7) is 6.39. The molecule has 0 spiro atoms. The van der Waals surface area contributed by atoms with Crippen LogP contribution in [0.4, 0.5) is 0 Å². The number of ketones is 1. The molecule has 0 fully saturated rings. The van der Waals surface area contributed by atoms with Gasteiger partial charge in [0.1, 0.15) is 12.1 Å². The van der Waals surface area contributed by atoms with Crippen LogP contribution in [0.15, 0.2) is 0 Å². The molecule has 0 aromatic rings. The Morgan fingerprint density at radius 3 is 1.91 bits per heavy atom. The van der Waals surface area contributed by atoms with Crippen LogP contribution < -0.4 is 26.6 Å². The van der Waals surface area contributed by atoms with Gasteiger partial charge in [0.2, 0.25) is 29.4 Å². The minimum Gasteiger partial charge on any atom is -0.481 e. The van der Waals surface area contributed by atoms with Gasteiger partial charge >= 0.3 is 5.97 Å². The van der Waals surface area contributed by atoms with Gasteiger partial charge in [-0.15, -0.1) is 0 Å². The molecule has 1 unspecified atom stereocenters. The van der Waals surface area contributed by atoms with Crippen molar-refractivity contribution in [2.24, 2.45) is 5.92 Å². The van der Waals surface area contributed by atoms with Crippen LogP contribution in [0.3, 0.4) is 0 Å². The molecule has 35 heavy (non-hydrogen) atoms. The average molecular weight is 502 g/mol. The Morgan fingerprint density at radius 2 is 1.43 bits per heavy atom. The van der Waals surface area contributed by atoms with E-state index in [-0.39, 0.29) is 18.9 Å². The van der Waals surface area contributed by atoms with Crippen molar-refractivity contribution >= 4 is 41.3 Å². The van der Waals surface area contributed by atoms with Crippen molar-refractivity contribution in [3.05, 3.63) is 0 Å². The third kappa shape index (κ3) is 11.9. The first-order valence-corrected chi connectivity index (χ1v) is 11.1. The molecule has 0 saturated carbocycles. The maximum atomic E-state index is 12.6. The van der Waals surface area contributed by atoms with Crippen LogP contribution in [0.5, 0.6) is 0 Å². The maximum Gasteiger partial charge on any atom is 0.305 e. The molecular weight excluding hydrogens is 466 g/mol. The molecule has 0 aromatic heterocycles. The monoisotopic (exact) mass is 501 g/mol. The van der Waals surface area contributed by atoms with Crippen LogP contribution in [0, 0.1) is 5.92 Å². The minimum absolute atomic E-state index is 0.261. The Balaban J connectivity index is 4.91. The second-order valence-corrected chi connectivity index (χ2v) is 8.06. The van der Waals surface area contributed by atoms with Crippen molar-refractivity contribution in [1.82, 2.24) is 26.6 Å². The van der Waals surface area contributed by atoms with Gasteiger partial charge in [-0.1, -0.05) is 20.3 Å². The number of hydrogen-bond donors (Lipinski definition) is 7. The highest BCUT2D eigenvalue weighted by Gasteiger charge is 2.32. The summed E-state index contributed by atoms with van der Waals surface area (Å²) in [6.07, 6.45) is -1.17. The number of aliphatic hydroxyl groups is 1. The first-order chi connectivity index (χ1) is 16.2. The highest BCUT2D eigenvalue weighted by atomic mass is 16.4. The van der Waals surface area contributed by atoms with E-state index in [1.807, 2.05) is 6.92 Å². The summed E-state index contributed by atoms with van der Waals surface area (Å²) >= 11 is 0. The lowest BCUT2D eigenvalue weighted by Gasteiger charge is -2.27. The molecule has 14 heteroatoms. The van der Waals surface area contributed by atoms with Crippen molar-refractivity contribution < 1.29 is 43.8 Å². The number of hydrogen-bond acceptors (Lipinski definition) is 8. The number of carbonyl (C=O) groups excluding carboxylic acids is 6. The molecule has 5 amide bonds. The molecule has 0 aliphatic carbocycles. The van der Waals surface area contributed by atoms with Gasteiger partial charge < -0.3 is 36.8 Å². The molecule has 0 aliphatic rings. The molecular formula is C21H35N5O9. The topological polar surface area (TPSA) is 220 Å². The van der Waals surface area contributed by atoms with Crippen LogP contribution in [0.1, 0.15) is 47.5 Å². The van der Waals surface area contributed by atoms with Gasteiger partial charge in [0.25, 0.3) is 5.91 Å². The van der Waals surface area contributed by atoms with E-state index >= 15 is 0 Å². The summed E-state index contributed by atoms with van der Waals surface area (Å²) in [5.74, 6) is -6.36. The molecule has 198 valence electrons. The number of nitrogens with one attached hydrogen (secondary N) is 5. The number of carbonyl (C=O) groups is 7. The zero-order chi connectivity index (χ0) is 27.3. The fraction of sp³-hybridized carbons (Fsp3) is 0.667. The average Bonchev–Trinajstić information content (AvgIpc) is 2.77. The predicted molar refractivity (Wildman–Crippen MR) is 122 cm³/mol. The highest BCUT2D eigenvalue weighted by Crippen LogP contribution is 2.09. The van der Waals surface area contributed by atoms with E-state index in [0.717, 1.165) is 0 Å². The fourth-order valence-corrected chi connectivity index (χ4v) is 2.77. The van der Waals surface area contributed by atoms with E-state index in [4.69, 9.17) is 5.11 Å². The van der Waals surface area contributed by atoms with Gasteiger partial charge in [0.15, 0.2) is 0 Å². The standard InChI is InChI=1S/C21H35N5O9/c1-6-10(2)16(25-13(5)28)20(34)26-17(12(4)27)19(33)23-9-14(29)24-11(3)18(32)21(35)22-8-7-15(30)31/h10-12,16-17,27H,6-9H2,1-5H3,(H,22,35)(H,23,33)(H,24,29)(H,25,28)(H,26,34)(H,30,31)/t10-,11?,12+,16-,17-/m0/s1. The summed E-state index contributed by atoms with van der Waals surface area (Å²) < 4.78 is 0. The van der Waals surface area contributed by atoms with Gasteiger partial charge in [-0.25, -0.2) is 0 Å². The Labute approximate surface area is 203 Å². The molecule has 0 rings (SSSR count). The molecule has 0 heterocycles. The second kappa shape index (κ2) is 15.4. The van der Waals surface area contributed by atoms with E-state index in [9.17, 15) is 38.7 Å². The lowest BCUT2D eigenvalue weighted by Crippen LogP contribution is -2.59. The molecule has 0 radical (unpaired) electrons. The van der Waals surface area contributed by atoms with Gasteiger partial charge in [-0.2, -0.15) is 0 Å². The van der Waals surface area contributed by atoms with Crippen LogP contribution in [-0.4, -0.2) is 88.8 Å². The summed E-state index contributed by atoms with van der Waals surface area (Å²) in [6, 6.07) is -3.64. The number of rotatable bonds is 15. The van der Waals surface area contributed by atoms with Crippen molar-refractivity contribution in [3.8, 4) is 0 Å². The van der Waals surface area contributed by atoms with Crippen LogP contribution in [0.2, 0.25) is 0 Å². The number of carboxylic acid groups (broad SMARTS) is 1. The number of Topliss-reactive ketones (excluding diaryl/α,β-unsaturated/α-hetero) is 1. The van der Waals surface area contributed by atoms with Crippen LogP contribution >= 0.6 is 0 Å². The van der Waals surface area contributed by atoms with Crippen molar-refractivity contribution in [2.45, 2.75) is 71.7 Å². The quantitative estimate of drug-likeness (QED) is 0.115. The lowest BCUT2D eigenvalue weighted by molar-refractivity contribution is -0.140. The smallest absolute Gasteiger partial charge is 0.305 e. The van der Waals surface area contributed by atoms with E-state index in [2.05, 4.69) is 26.6 Å². The van der Waals surface area contributed by atoms with Crippen LogP contribution in [-0.2, 0) is 33.6 Å². The summed E-state index contributed by atoms with van der Waals surface area (Å²) in [5.41, 5.74) is 0. The zero-order valence-corrected chi connectivity index (χ0v) is 20.5. The Kier molecular flexibility index (Phi) is 13.8. The van der Waals surface area contributed by atoms with Crippen molar-refractivity contribution in [2.75, 3.05) is 13.1 Å². The fourth-order valence-electron chi connectivity index (χ4n) is 2.77. The van der Waals surface area contributed by atoms with Gasteiger partial charge in [-0.3, -0.25) is 33.6 Å². The highest BCUT2D eigenvalue weighted by molar-refractivity contribution is 6.38. The first kappa shape index (κ1) is 31.4. The zero-order valence-electron chi connectivity index (χ0n) is 20.5. The SMILES string of the molecule is CC[C@H](C)[C@H](NC(C)=O)C(=O)N[C@H](C(=O)NCC(=O)NC(C)C(=O)C(=O)NCCC(=O)O)[C@@H](C)O. The Bertz CT molecular complexity index is 815. The summed E-state index contributed by atoms with van der Waals surface area (Å²) in [5, 5.41) is 29.9. The molecule has 0 bridgehead atoms. The lowest BCUT2D eigenvalue weighted by atomic mass is 9.97. The molecule has 0 saturated heterocycles. The molecule has 7 N–H and O–H groups in total. The number of aliphatic hydroxyl groups excluding tert-OH is 1. The van der Waals surface area contributed by atoms with Crippen LogP contribution in [0.25, 0.3) is 0 Å². The normalized spacial score (nSPS) is 14.8. The Morgan fingerprint density at radius 1 is 0.829 bits per heavy atom. The molecule has 14 nitrogen and oxygen atoms in total. The van der Waals surface area contributed by atoms with Crippen molar-refractivity contribution in [3.63, 3.8) is 0 Å². The third-order valence-electron chi connectivity index (χ3n) is 4.96. The van der Waals surface area contributed by atoms with E-state index in [1.165, 1.54) is 20.8 Å². The van der Waals surface area contributed by atoms with E-state index < -0.39 is 72.1 Å². The first-order valence-electron chi connectivity index (χ1n) is 11.1. The molecule has 0 aliphatic heterocycles. The number of aliphatic carboxylic acids is 1.